The predicted molar refractivity (Wildman–Crippen MR) is 98.2 cm³/mol. The summed E-state index contributed by atoms with van der Waals surface area (Å²) < 4.78 is 10.3. The summed E-state index contributed by atoms with van der Waals surface area (Å²) in [6.45, 7) is 0.127. The van der Waals surface area contributed by atoms with Crippen molar-refractivity contribution >= 4 is 18.0 Å². The van der Waals surface area contributed by atoms with E-state index in [4.69, 9.17) is 15.2 Å². The summed E-state index contributed by atoms with van der Waals surface area (Å²) in [5.41, 5.74) is 6.76. The molecule has 142 valence electrons. The molecule has 1 atom stereocenters. The summed E-state index contributed by atoms with van der Waals surface area (Å²) in [6, 6.07) is 17.2. The molecule has 7 heteroatoms. The van der Waals surface area contributed by atoms with Gasteiger partial charge in [0.05, 0.1) is 0 Å². The molecule has 2 rings (SSSR count). The maximum atomic E-state index is 12.3. The lowest BCUT2D eigenvalue weighted by Gasteiger charge is -2.17. The largest absolute Gasteiger partial charge is 0.459 e. The maximum absolute atomic E-state index is 12.3. The van der Waals surface area contributed by atoms with Crippen molar-refractivity contribution in [1.82, 2.24) is 5.32 Å². The molecule has 3 N–H and O–H groups in total. The number of amides is 2. The predicted octanol–water partition coefficient (Wildman–Crippen LogP) is 2.29. The van der Waals surface area contributed by atoms with Crippen molar-refractivity contribution in [2.24, 2.45) is 5.73 Å². The van der Waals surface area contributed by atoms with Crippen LogP contribution in [0.4, 0.5) is 4.79 Å². The fourth-order valence-electron chi connectivity index (χ4n) is 2.27. The zero-order valence-corrected chi connectivity index (χ0v) is 14.8. The van der Waals surface area contributed by atoms with Crippen LogP contribution >= 0.6 is 0 Å². The number of esters is 1. The molecule has 0 bridgehead atoms. The highest BCUT2D eigenvalue weighted by Crippen LogP contribution is 2.06. The molecule has 7 nitrogen and oxygen atoms in total. The Bertz CT molecular complexity index is 749. The Kier molecular flexibility index (Phi) is 7.84. The van der Waals surface area contributed by atoms with Gasteiger partial charge in [0.1, 0.15) is 19.3 Å². The van der Waals surface area contributed by atoms with Crippen LogP contribution in [0, 0.1) is 0 Å². The minimum Gasteiger partial charge on any atom is -0.459 e. The minimum absolute atomic E-state index is 0.0311. The zero-order chi connectivity index (χ0) is 19.5. The van der Waals surface area contributed by atoms with Gasteiger partial charge in [-0.3, -0.25) is 4.79 Å². The number of nitrogens with one attached hydrogen (secondary N) is 1. The highest BCUT2D eigenvalue weighted by molar-refractivity contribution is 5.82. The molecule has 0 spiro atoms. The summed E-state index contributed by atoms with van der Waals surface area (Å²) >= 11 is 0. The van der Waals surface area contributed by atoms with Gasteiger partial charge in [-0.2, -0.15) is 0 Å². The average Bonchev–Trinajstić information content (AvgIpc) is 2.69. The van der Waals surface area contributed by atoms with Crippen LogP contribution in [-0.2, 0) is 32.3 Å². The number of hydrogen-bond acceptors (Lipinski definition) is 5. The third kappa shape index (κ3) is 7.60. The van der Waals surface area contributed by atoms with E-state index in [9.17, 15) is 14.4 Å². The van der Waals surface area contributed by atoms with Crippen molar-refractivity contribution in [3.8, 4) is 0 Å². The summed E-state index contributed by atoms with van der Waals surface area (Å²) in [4.78, 5) is 35.3. The first-order valence-corrected chi connectivity index (χ1v) is 8.50. The molecule has 2 amide bonds. The van der Waals surface area contributed by atoms with E-state index in [2.05, 4.69) is 5.32 Å². The molecule has 0 fully saturated rings. The van der Waals surface area contributed by atoms with Gasteiger partial charge in [0.15, 0.2) is 0 Å². The number of alkyl carbamates (subject to hydrolysis) is 1. The van der Waals surface area contributed by atoms with Crippen LogP contribution in [0.25, 0.3) is 0 Å². The van der Waals surface area contributed by atoms with Gasteiger partial charge in [0, 0.05) is 6.42 Å². The Morgan fingerprint density at radius 3 is 1.89 bits per heavy atom. The summed E-state index contributed by atoms with van der Waals surface area (Å²) in [5.74, 6) is -1.23. The smallest absolute Gasteiger partial charge is 0.408 e. The van der Waals surface area contributed by atoms with E-state index in [0.717, 1.165) is 11.1 Å². The van der Waals surface area contributed by atoms with Gasteiger partial charge >= 0.3 is 12.1 Å². The van der Waals surface area contributed by atoms with Crippen LogP contribution in [0.5, 0.6) is 0 Å². The molecule has 2 aromatic rings. The van der Waals surface area contributed by atoms with E-state index < -0.39 is 24.0 Å². The van der Waals surface area contributed by atoms with Crippen LogP contribution in [0.3, 0.4) is 0 Å². The molecule has 0 unspecified atom stereocenters. The van der Waals surface area contributed by atoms with Crippen LogP contribution in [0.2, 0.25) is 0 Å². The molecule has 0 aliphatic heterocycles. The molecule has 0 saturated heterocycles. The summed E-state index contributed by atoms with van der Waals surface area (Å²) in [5, 5.41) is 2.44. The quantitative estimate of drug-likeness (QED) is 0.659. The first kappa shape index (κ1) is 20.0. The molecule has 2 aromatic carbocycles. The average molecular weight is 370 g/mol. The van der Waals surface area contributed by atoms with Crippen molar-refractivity contribution in [2.45, 2.75) is 32.1 Å². The van der Waals surface area contributed by atoms with E-state index in [0.29, 0.717) is 0 Å². The van der Waals surface area contributed by atoms with Crippen LogP contribution in [0.15, 0.2) is 60.7 Å². The van der Waals surface area contributed by atoms with E-state index in [1.54, 1.807) is 0 Å². The number of ether oxygens (including phenoxy) is 2. The van der Waals surface area contributed by atoms with Crippen molar-refractivity contribution in [2.75, 3.05) is 0 Å². The highest BCUT2D eigenvalue weighted by Gasteiger charge is 2.23. The molecule has 0 radical (unpaired) electrons. The van der Waals surface area contributed by atoms with Crippen molar-refractivity contribution in [3.05, 3.63) is 71.8 Å². The van der Waals surface area contributed by atoms with E-state index >= 15 is 0 Å². The molecule has 27 heavy (non-hydrogen) atoms. The van der Waals surface area contributed by atoms with E-state index in [1.807, 2.05) is 60.7 Å². The van der Waals surface area contributed by atoms with Crippen LogP contribution in [-0.4, -0.2) is 24.0 Å². The first-order valence-electron chi connectivity index (χ1n) is 8.50. The molecule has 0 aromatic heterocycles. The number of benzene rings is 2. The topological polar surface area (TPSA) is 108 Å². The lowest BCUT2D eigenvalue weighted by atomic mass is 10.1. The fourth-order valence-corrected chi connectivity index (χ4v) is 2.27. The molecule has 0 heterocycles. The van der Waals surface area contributed by atoms with E-state index in [1.165, 1.54) is 0 Å². The number of nitrogens with two attached hydrogens (primary N) is 1. The number of carbonyl (C=O) groups excluding carboxylic acids is 3. The Morgan fingerprint density at radius 1 is 0.852 bits per heavy atom. The van der Waals surface area contributed by atoms with Crippen molar-refractivity contribution in [3.63, 3.8) is 0 Å². The van der Waals surface area contributed by atoms with Crippen molar-refractivity contribution in [1.29, 1.82) is 0 Å². The second-order valence-corrected chi connectivity index (χ2v) is 5.86. The number of rotatable bonds is 9. The van der Waals surface area contributed by atoms with Gasteiger partial charge < -0.3 is 20.5 Å². The van der Waals surface area contributed by atoms with E-state index in [-0.39, 0.29) is 26.1 Å². The fraction of sp³-hybridized carbons (Fsp3) is 0.250. The van der Waals surface area contributed by atoms with Gasteiger partial charge in [-0.05, 0) is 17.5 Å². The first-order chi connectivity index (χ1) is 13.0. The second-order valence-electron chi connectivity index (χ2n) is 5.86. The van der Waals surface area contributed by atoms with Gasteiger partial charge in [-0.15, -0.1) is 0 Å². The monoisotopic (exact) mass is 370 g/mol. The third-order valence-corrected chi connectivity index (χ3v) is 3.69. The Hall–Kier alpha value is -3.35. The summed E-state index contributed by atoms with van der Waals surface area (Å²) in [6.07, 6.45) is -0.807. The van der Waals surface area contributed by atoms with Gasteiger partial charge in [0.25, 0.3) is 0 Å². The van der Waals surface area contributed by atoms with Crippen LogP contribution in [0.1, 0.15) is 24.0 Å². The standard InChI is InChI=1S/C20H22N2O5/c21-18(23)12-11-17(19(24)26-13-15-7-3-1-4-8-15)22-20(25)27-14-16-9-5-2-6-10-16/h1-10,17H,11-14H2,(H2,21,23)(H,22,25)/t17-/m0/s1. The Labute approximate surface area is 157 Å². The molecular formula is C20H22N2O5. The second kappa shape index (κ2) is 10.6. The molecule has 0 saturated carbocycles. The van der Waals surface area contributed by atoms with Crippen LogP contribution < -0.4 is 11.1 Å². The van der Waals surface area contributed by atoms with Gasteiger partial charge in [-0.1, -0.05) is 60.7 Å². The molecule has 0 aliphatic rings. The minimum atomic E-state index is -1.02. The molecule has 0 aliphatic carbocycles. The van der Waals surface area contributed by atoms with Gasteiger partial charge in [-0.25, -0.2) is 9.59 Å². The highest BCUT2D eigenvalue weighted by atomic mass is 16.6. The number of carbonyl (C=O) groups is 3. The SMILES string of the molecule is NC(=O)CC[C@H](NC(=O)OCc1ccccc1)C(=O)OCc1ccccc1. The maximum Gasteiger partial charge on any atom is 0.408 e. The Morgan fingerprint density at radius 2 is 1.37 bits per heavy atom. The molecular weight excluding hydrogens is 348 g/mol. The number of hydrogen-bond donors (Lipinski definition) is 2. The third-order valence-electron chi connectivity index (χ3n) is 3.69. The van der Waals surface area contributed by atoms with Gasteiger partial charge in [0.2, 0.25) is 5.91 Å². The lowest BCUT2D eigenvalue weighted by Crippen LogP contribution is -2.42. The summed E-state index contributed by atoms with van der Waals surface area (Å²) in [7, 11) is 0. The Balaban J connectivity index is 1.88. The normalized spacial score (nSPS) is 11.3. The lowest BCUT2D eigenvalue weighted by molar-refractivity contribution is -0.147. The van der Waals surface area contributed by atoms with Crippen molar-refractivity contribution < 1.29 is 23.9 Å². The number of primary amides is 1. The zero-order valence-electron chi connectivity index (χ0n) is 14.8.